The first kappa shape index (κ1) is 52.6. The van der Waals surface area contributed by atoms with Crippen LogP contribution in [0.3, 0.4) is 0 Å². The van der Waals surface area contributed by atoms with E-state index in [2.05, 4.69) is 34.2 Å². The van der Waals surface area contributed by atoms with Crippen molar-refractivity contribution < 1.29 is 27.9 Å². The van der Waals surface area contributed by atoms with Gasteiger partial charge in [-0.25, -0.2) is 33.5 Å². The van der Waals surface area contributed by atoms with E-state index in [-0.39, 0.29) is 48.3 Å². The van der Waals surface area contributed by atoms with E-state index >= 15 is 0 Å². The number of nitrogens with zero attached hydrogens (tertiary/aromatic N) is 9. The molecule has 0 unspecified atom stereocenters. The van der Waals surface area contributed by atoms with Crippen LogP contribution in [0.1, 0.15) is 93.6 Å². The number of nitrogens with one attached hydrogen (secondary N) is 1. The number of aryl methyl sites for hydroxylation is 2. The van der Waals surface area contributed by atoms with Gasteiger partial charge >= 0.3 is 6.09 Å². The third-order valence-corrected chi connectivity index (χ3v) is 15.3. The van der Waals surface area contributed by atoms with Crippen molar-refractivity contribution in [3.05, 3.63) is 130 Å². The van der Waals surface area contributed by atoms with Crippen LogP contribution in [0.5, 0.6) is 0 Å². The molecule has 0 aliphatic carbocycles. The first-order chi connectivity index (χ1) is 36.0. The maximum atomic E-state index is 13.4. The summed E-state index contributed by atoms with van der Waals surface area (Å²) in [6.07, 6.45) is 9.12. The van der Waals surface area contributed by atoms with Crippen LogP contribution in [0, 0.1) is 11.6 Å². The highest BCUT2D eigenvalue weighted by Crippen LogP contribution is 2.38. The van der Waals surface area contributed by atoms with Crippen molar-refractivity contribution >= 4 is 73.8 Å². The molecule has 16 nitrogen and oxygen atoms in total. The van der Waals surface area contributed by atoms with Gasteiger partial charge in [-0.3, -0.25) is 18.4 Å². The number of fused-ring (bicyclic) bond motifs is 2. The van der Waals surface area contributed by atoms with Gasteiger partial charge in [-0.05, 0) is 143 Å². The monoisotopic (exact) mass is 1060 g/mol. The summed E-state index contributed by atoms with van der Waals surface area (Å²) in [4.78, 5) is 60.7. The van der Waals surface area contributed by atoms with Crippen LogP contribution < -0.4 is 26.6 Å². The van der Waals surface area contributed by atoms with Crippen LogP contribution in [-0.2, 0) is 27.2 Å². The number of hydrogen-bond donors (Lipinski definition) is 3. The number of amides is 3. The van der Waals surface area contributed by atoms with Gasteiger partial charge < -0.3 is 36.2 Å². The number of nitrogens with two attached hydrogens (primary N) is 2. The summed E-state index contributed by atoms with van der Waals surface area (Å²) in [6, 6.07) is 20.9. The van der Waals surface area contributed by atoms with Crippen LogP contribution >= 0.6 is 22.7 Å². The summed E-state index contributed by atoms with van der Waals surface area (Å²) in [5.41, 5.74) is 19.2. The molecule has 0 radical (unpaired) electrons. The molecule has 20 heteroatoms. The topological polar surface area (TPSA) is 195 Å². The number of likely N-dealkylation sites (tertiary alicyclic amines) is 1. The lowest BCUT2D eigenvalue weighted by atomic mass is 9.90. The zero-order valence-corrected chi connectivity index (χ0v) is 44.4. The fourth-order valence-corrected chi connectivity index (χ4v) is 11.2. The van der Waals surface area contributed by atoms with Crippen LogP contribution in [0.2, 0.25) is 0 Å². The summed E-state index contributed by atoms with van der Waals surface area (Å²) in [5.74, 6) is 1.17. The molecule has 3 amide bonds. The summed E-state index contributed by atoms with van der Waals surface area (Å²) < 4.78 is 36.5. The van der Waals surface area contributed by atoms with E-state index in [0.29, 0.717) is 31.8 Å². The Bertz CT molecular complexity index is 3300. The van der Waals surface area contributed by atoms with Crippen LogP contribution in [0.4, 0.5) is 35.5 Å². The molecule has 6 aromatic heterocycles. The Morgan fingerprint density at radius 3 is 1.49 bits per heavy atom. The third kappa shape index (κ3) is 12.5. The lowest BCUT2D eigenvalue weighted by Crippen LogP contribution is -2.41. The van der Waals surface area contributed by atoms with Crippen molar-refractivity contribution in [1.82, 2.24) is 39.0 Å². The number of ether oxygens (including phenoxy) is 1. The number of carbonyl (C=O) groups is 3. The van der Waals surface area contributed by atoms with E-state index in [0.717, 1.165) is 111 Å². The predicted octanol–water partition coefficient (Wildman–Crippen LogP) is 10.1. The zero-order chi connectivity index (χ0) is 53.0. The van der Waals surface area contributed by atoms with Gasteiger partial charge in [0.2, 0.25) is 11.8 Å². The van der Waals surface area contributed by atoms with Crippen molar-refractivity contribution in [2.24, 2.45) is 11.5 Å². The van der Waals surface area contributed by atoms with E-state index < -0.39 is 5.60 Å². The average molecular weight is 1060 g/mol. The van der Waals surface area contributed by atoms with Crippen molar-refractivity contribution in [3.8, 4) is 22.5 Å². The lowest BCUT2D eigenvalue weighted by Gasteiger charge is -2.33. The number of benzene rings is 2. The molecule has 0 saturated carbocycles. The number of thiazole rings is 2. The van der Waals surface area contributed by atoms with E-state index in [9.17, 15) is 23.2 Å². The number of hydrogen-bond acceptors (Lipinski definition) is 13. The van der Waals surface area contributed by atoms with E-state index in [1.807, 2.05) is 72.0 Å². The molecule has 0 spiro atoms. The Morgan fingerprint density at radius 1 is 0.653 bits per heavy atom. The number of primary amides is 2. The Labute approximate surface area is 442 Å². The molecule has 5 N–H and O–H groups in total. The molecule has 0 atom stereocenters. The predicted molar refractivity (Wildman–Crippen MR) is 291 cm³/mol. The summed E-state index contributed by atoms with van der Waals surface area (Å²) in [7, 11) is 3.89. The Hall–Kier alpha value is -7.29. The second-order valence-corrected chi connectivity index (χ2v) is 21.7. The fraction of sp³-hybridized carbons (Fsp3) is 0.364. The minimum atomic E-state index is -0.522. The quantitative estimate of drug-likeness (QED) is 0.0938. The molecular formula is C55H62F2N12O4S2. The van der Waals surface area contributed by atoms with Crippen molar-refractivity contribution in [2.75, 3.05) is 50.1 Å². The average Bonchev–Trinajstić information content (AvgIpc) is 4.23. The van der Waals surface area contributed by atoms with Gasteiger partial charge in [-0.2, -0.15) is 0 Å². The molecule has 10 rings (SSSR count). The SMILES string of the molecule is CN(c1nc(-c2ccc(F)cc2)cs1)c1c(CCC(N)=O)nc2ccc(C3CCN(C(=O)OC(C)(C)C)CC3)cn12.CN(c1nc(-c2ccc(F)cc2)cs1)c1c(CCC(N)=O)nc2ccc(C3CCNCC3)cn12. The highest BCUT2D eigenvalue weighted by atomic mass is 32.1. The molecule has 8 heterocycles. The van der Waals surface area contributed by atoms with Crippen LogP contribution in [0.15, 0.2) is 96.0 Å². The van der Waals surface area contributed by atoms with Gasteiger partial charge in [-0.1, -0.05) is 12.1 Å². The molecule has 392 valence electrons. The van der Waals surface area contributed by atoms with Gasteiger partial charge in [0.1, 0.15) is 40.2 Å². The Balaban J connectivity index is 0.000000187. The normalized spacial score (nSPS) is 14.5. The summed E-state index contributed by atoms with van der Waals surface area (Å²) in [6.45, 7) is 8.93. The standard InChI is InChI=1S/C30H35FN6O3S.C25H27FN6OS/c1-30(2,3)40-29(39)36-15-13-19(14-16-36)21-7-12-26-33-23(10-11-25(32)38)27(37(26)17-21)35(4)28-34-24(18-41-28)20-5-8-22(31)9-6-20;1-31(25-30-21(15-34-25)17-2-5-19(26)6-3-17)24-20(7-8-22(27)33)29-23-9-4-18(14-32(23)24)16-10-12-28-13-11-16/h5-9,12,17-19H,10-11,13-16H2,1-4H3,(H2,32,38);2-6,9,14-16,28H,7-8,10-13H2,1H3,(H2,27,33). The largest absolute Gasteiger partial charge is 0.444 e. The second kappa shape index (κ2) is 22.7. The number of carbonyl (C=O) groups excluding carboxylic acids is 3. The first-order valence-electron chi connectivity index (χ1n) is 25.2. The molecule has 2 fully saturated rings. The first-order valence-corrected chi connectivity index (χ1v) is 26.9. The Kier molecular flexibility index (Phi) is 15.9. The highest BCUT2D eigenvalue weighted by Gasteiger charge is 2.29. The third-order valence-electron chi connectivity index (χ3n) is 13.5. The summed E-state index contributed by atoms with van der Waals surface area (Å²) in [5, 5.41) is 8.85. The maximum Gasteiger partial charge on any atom is 0.410 e. The molecular weight excluding hydrogens is 995 g/mol. The van der Waals surface area contributed by atoms with Gasteiger partial charge in [0, 0.05) is 87.1 Å². The number of pyridine rings is 2. The van der Waals surface area contributed by atoms with Gasteiger partial charge in [0.05, 0.1) is 22.8 Å². The zero-order valence-electron chi connectivity index (χ0n) is 42.8. The molecule has 2 saturated heterocycles. The van der Waals surface area contributed by atoms with E-state index in [1.54, 1.807) is 29.2 Å². The minimum Gasteiger partial charge on any atom is -0.444 e. The molecule has 0 bridgehead atoms. The molecule has 2 aliphatic rings. The number of imidazole rings is 2. The number of aromatic nitrogens is 6. The van der Waals surface area contributed by atoms with Crippen LogP contribution in [-0.4, -0.2) is 97.4 Å². The van der Waals surface area contributed by atoms with Crippen LogP contribution in [0.25, 0.3) is 33.8 Å². The van der Waals surface area contributed by atoms with Crippen molar-refractivity contribution in [3.63, 3.8) is 0 Å². The van der Waals surface area contributed by atoms with Crippen molar-refractivity contribution in [1.29, 1.82) is 0 Å². The maximum absolute atomic E-state index is 13.4. The van der Waals surface area contributed by atoms with Crippen molar-refractivity contribution in [2.45, 2.75) is 89.6 Å². The van der Waals surface area contributed by atoms with Gasteiger partial charge in [-0.15, -0.1) is 22.7 Å². The summed E-state index contributed by atoms with van der Waals surface area (Å²) >= 11 is 2.98. The molecule has 75 heavy (non-hydrogen) atoms. The lowest BCUT2D eigenvalue weighted by molar-refractivity contribution is -0.118. The number of rotatable bonds is 14. The van der Waals surface area contributed by atoms with Gasteiger partial charge in [0.15, 0.2) is 10.3 Å². The fourth-order valence-electron chi connectivity index (χ4n) is 9.61. The smallest absolute Gasteiger partial charge is 0.410 e. The number of anilines is 4. The number of halogens is 2. The minimum absolute atomic E-state index is 0.180. The van der Waals surface area contributed by atoms with E-state index in [4.69, 9.17) is 36.1 Å². The highest BCUT2D eigenvalue weighted by molar-refractivity contribution is 7.14. The molecule has 8 aromatic rings. The number of piperidine rings is 2. The molecule has 2 aromatic carbocycles. The van der Waals surface area contributed by atoms with Gasteiger partial charge in [0.25, 0.3) is 0 Å². The Morgan fingerprint density at radius 2 is 1.08 bits per heavy atom. The second-order valence-electron chi connectivity index (χ2n) is 20.0. The molecule has 2 aliphatic heterocycles. The van der Waals surface area contributed by atoms with E-state index in [1.165, 1.54) is 52.5 Å².